The Balaban J connectivity index is 2.40. The summed E-state index contributed by atoms with van der Waals surface area (Å²) >= 11 is 4.97. The third-order valence-electron chi connectivity index (χ3n) is 2.27. The number of benzene rings is 1. The first-order chi connectivity index (χ1) is 8.50. The van der Waals surface area contributed by atoms with Crippen LogP contribution in [0.5, 0.6) is 0 Å². The van der Waals surface area contributed by atoms with Crippen LogP contribution in [0.4, 0.5) is 14.5 Å². The molecule has 0 heterocycles. The average molecular weight is 273 g/mol. The van der Waals surface area contributed by atoms with Crippen molar-refractivity contribution < 1.29 is 8.78 Å². The van der Waals surface area contributed by atoms with Crippen LogP contribution in [-0.2, 0) is 0 Å². The Labute approximate surface area is 111 Å². The molecule has 0 spiro atoms. The maximum atomic E-state index is 13.3. The van der Waals surface area contributed by atoms with E-state index in [0.29, 0.717) is 6.54 Å². The summed E-state index contributed by atoms with van der Waals surface area (Å²) in [6.07, 6.45) is 0.897. The molecule has 1 aromatic rings. The minimum Gasteiger partial charge on any atom is -0.362 e. The number of nitrogens with one attached hydrogen (secondary N) is 2. The van der Waals surface area contributed by atoms with E-state index in [-0.39, 0.29) is 10.8 Å². The summed E-state index contributed by atoms with van der Waals surface area (Å²) in [5, 5.41) is 5.64. The molecule has 0 unspecified atom stereocenters. The molecule has 0 fully saturated rings. The smallest absolute Gasteiger partial charge is 0.170 e. The maximum Gasteiger partial charge on any atom is 0.170 e. The Hall–Kier alpha value is -1.27. The standard InChI is InChI=1S/C12H17F2N3S/c1-17(2)8-4-7-15-12(18)16-11-9(13)5-3-6-10(11)14/h3,5-6H,4,7-8H2,1-2H3,(H2,15,16,18). The van der Waals surface area contributed by atoms with E-state index < -0.39 is 11.6 Å². The van der Waals surface area contributed by atoms with Crippen LogP contribution < -0.4 is 10.6 Å². The predicted octanol–water partition coefficient (Wildman–Crippen LogP) is 2.20. The summed E-state index contributed by atoms with van der Waals surface area (Å²) in [7, 11) is 3.95. The summed E-state index contributed by atoms with van der Waals surface area (Å²) in [5.41, 5.74) is -0.220. The molecule has 0 saturated carbocycles. The Kier molecular flexibility index (Phi) is 5.94. The highest BCUT2D eigenvalue weighted by Gasteiger charge is 2.09. The third-order valence-corrected chi connectivity index (χ3v) is 2.52. The molecular formula is C12H17F2N3S. The lowest BCUT2D eigenvalue weighted by Gasteiger charge is -2.13. The number of nitrogens with zero attached hydrogens (tertiary/aromatic N) is 1. The molecule has 3 nitrogen and oxygen atoms in total. The summed E-state index contributed by atoms with van der Waals surface area (Å²) in [4.78, 5) is 2.05. The van der Waals surface area contributed by atoms with Gasteiger partial charge in [-0.15, -0.1) is 0 Å². The van der Waals surface area contributed by atoms with E-state index in [0.717, 1.165) is 13.0 Å². The van der Waals surface area contributed by atoms with Crippen LogP contribution in [0.15, 0.2) is 18.2 Å². The average Bonchev–Trinajstić information content (AvgIpc) is 2.29. The van der Waals surface area contributed by atoms with Crippen LogP contribution >= 0.6 is 12.2 Å². The zero-order chi connectivity index (χ0) is 13.5. The quantitative estimate of drug-likeness (QED) is 0.635. The molecule has 0 bridgehead atoms. The maximum absolute atomic E-state index is 13.3. The van der Waals surface area contributed by atoms with Gasteiger partial charge in [-0.25, -0.2) is 8.78 Å². The number of thiocarbonyl (C=S) groups is 1. The van der Waals surface area contributed by atoms with Gasteiger partial charge in [0.15, 0.2) is 5.11 Å². The second-order valence-electron chi connectivity index (χ2n) is 4.13. The molecule has 0 saturated heterocycles. The molecular weight excluding hydrogens is 256 g/mol. The number of rotatable bonds is 5. The lowest BCUT2D eigenvalue weighted by molar-refractivity contribution is 0.400. The van der Waals surface area contributed by atoms with Gasteiger partial charge in [-0.05, 0) is 51.4 Å². The van der Waals surface area contributed by atoms with Crippen molar-refractivity contribution in [1.82, 2.24) is 10.2 Å². The van der Waals surface area contributed by atoms with Crippen LogP contribution in [0.1, 0.15) is 6.42 Å². The SMILES string of the molecule is CN(C)CCCNC(=S)Nc1c(F)cccc1F. The molecule has 1 rings (SSSR count). The van der Waals surface area contributed by atoms with Gasteiger partial charge in [0.05, 0.1) is 0 Å². The molecule has 6 heteroatoms. The minimum absolute atomic E-state index is 0.220. The van der Waals surface area contributed by atoms with Gasteiger partial charge in [-0.1, -0.05) is 6.07 Å². The Bertz CT molecular complexity index is 390. The number of hydrogen-bond donors (Lipinski definition) is 2. The van der Waals surface area contributed by atoms with Crippen molar-refractivity contribution in [3.63, 3.8) is 0 Å². The summed E-state index contributed by atoms with van der Waals surface area (Å²) < 4.78 is 26.6. The van der Waals surface area contributed by atoms with Crippen LogP contribution in [-0.4, -0.2) is 37.2 Å². The lowest BCUT2D eigenvalue weighted by atomic mass is 10.3. The van der Waals surface area contributed by atoms with E-state index in [9.17, 15) is 8.78 Å². The van der Waals surface area contributed by atoms with Crippen molar-refractivity contribution in [2.75, 3.05) is 32.5 Å². The molecule has 1 aromatic carbocycles. The van der Waals surface area contributed by atoms with Gasteiger partial charge >= 0.3 is 0 Å². The second kappa shape index (κ2) is 7.23. The number of halogens is 2. The molecule has 0 atom stereocenters. The molecule has 0 aromatic heterocycles. The fraction of sp³-hybridized carbons (Fsp3) is 0.417. The van der Waals surface area contributed by atoms with E-state index in [2.05, 4.69) is 15.5 Å². The van der Waals surface area contributed by atoms with Crippen molar-refractivity contribution in [1.29, 1.82) is 0 Å². The predicted molar refractivity (Wildman–Crippen MR) is 73.8 cm³/mol. The van der Waals surface area contributed by atoms with Gasteiger partial charge in [0.2, 0.25) is 0 Å². The van der Waals surface area contributed by atoms with Gasteiger partial charge in [0, 0.05) is 6.54 Å². The van der Waals surface area contributed by atoms with Crippen LogP contribution in [0.2, 0.25) is 0 Å². The van der Waals surface area contributed by atoms with Crippen molar-refractivity contribution >= 4 is 23.0 Å². The molecule has 2 N–H and O–H groups in total. The highest BCUT2D eigenvalue weighted by Crippen LogP contribution is 2.17. The molecule has 0 aliphatic rings. The summed E-state index contributed by atoms with van der Waals surface area (Å²) in [5.74, 6) is -1.32. The Morgan fingerprint density at radius 2 is 1.89 bits per heavy atom. The Morgan fingerprint density at radius 1 is 1.28 bits per heavy atom. The zero-order valence-corrected chi connectivity index (χ0v) is 11.3. The topological polar surface area (TPSA) is 27.3 Å². The van der Waals surface area contributed by atoms with Gasteiger partial charge in [-0.3, -0.25) is 0 Å². The lowest BCUT2D eigenvalue weighted by Crippen LogP contribution is -2.31. The van der Waals surface area contributed by atoms with E-state index in [4.69, 9.17) is 12.2 Å². The second-order valence-corrected chi connectivity index (χ2v) is 4.54. The van der Waals surface area contributed by atoms with E-state index in [1.54, 1.807) is 0 Å². The van der Waals surface area contributed by atoms with Crippen molar-refractivity contribution in [2.45, 2.75) is 6.42 Å². The van der Waals surface area contributed by atoms with Gasteiger partial charge in [0.1, 0.15) is 17.3 Å². The number of hydrogen-bond acceptors (Lipinski definition) is 2. The zero-order valence-electron chi connectivity index (χ0n) is 10.5. The van der Waals surface area contributed by atoms with Gasteiger partial charge in [-0.2, -0.15) is 0 Å². The molecule has 0 aliphatic heterocycles. The fourth-order valence-corrected chi connectivity index (χ4v) is 1.58. The summed E-state index contributed by atoms with van der Waals surface area (Å²) in [6.45, 7) is 1.57. The van der Waals surface area contributed by atoms with Crippen molar-refractivity contribution in [2.24, 2.45) is 0 Å². The largest absolute Gasteiger partial charge is 0.362 e. The Morgan fingerprint density at radius 3 is 2.44 bits per heavy atom. The normalized spacial score (nSPS) is 10.5. The monoisotopic (exact) mass is 273 g/mol. The molecule has 0 aliphatic carbocycles. The molecule has 0 amide bonds. The number of para-hydroxylation sites is 1. The highest BCUT2D eigenvalue weighted by molar-refractivity contribution is 7.80. The van der Waals surface area contributed by atoms with Gasteiger partial charge < -0.3 is 15.5 Å². The molecule has 18 heavy (non-hydrogen) atoms. The number of anilines is 1. The van der Waals surface area contributed by atoms with Crippen molar-refractivity contribution in [3.8, 4) is 0 Å². The van der Waals surface area contributed by atoms with Crippen molar-refractivity contribution in [3.05, 3.63) is 29.8 Å². The van der Waals surface area contributed by atoms with Crippen LogP contribution in [0.25, 0.3) is 0 Å². The third kappa shape index (κ3) is 4.93. The van der Waals surface area contributed by atoms with Crippen LogP contribution in [0, 0.1) is 11.6 Å². The molecule has 100 valence electrons. The van der Waals surface area contributed by atoms with E-state index in [1.165, 1.54) is 18.2 Å². The van der Waals surface area contributed by atoms with E-state index >= 15 is 0 Å². The first-order valence-electron chi connectivity index (χ1n) is 5.64. The van der Waals surface area contributed by atoms with E-state index in [1.807, 2.05) is 14.1 Å². The first-order valence-corrected chi connectivity index (χ1v) is 6.05. The summed E-state index contributed by atoms with van der Waals surface area (Å²) in [6, 6.07) is 3.67. The first kappa shape index (κ1) is 14.8. The van der Waals surface area contributed by atoms with Gasteiger partial charge in [0.25, 0.3) is 0 Å². The highest BCUT2D eigenvalue weighted by atomic mass is 32.1. The van der Waals surface area contributed by atoms with Crippen LogP contribution in [0.3, 0.4) is 0 Å². The molecule has 0 radical (unpaired) electrons. The fourth-order valence-electron chi connectivity index (χ4n) is 1.37. The minimum atomic E-state index is -0.660.